The second kappa shape index (κ2) is 6.62. The summed E-state index contributed by atoms with van der Waals surface area (Å²) < 4.78 is 0. The van der Waals surface area contributed by atoms with E-state index in [4.69, 9.17) is 0 Å². The van der Waals surface area contributed by atoms with Gasteiger partial charge in [0.15, 0.2) is 17.3 Å². The first-order valence-electron chi connectivity index (χ1n) is 8.92. The van der Waals surface area contributed by atoms with Gasteiger partial charge < -0.3 is 10.3 Å². The van der Waals surface area contributed by atoms with Crippen molar-refractivity contribution in [3.8, 4) is 22.9 Å². The van der Waals surface area contributed by atoms with Crippen molar-refractivity contribution >= 4 is 22.5 Å². The Morgan fingerprint density at radius 1 is 0.964 bits per heavy atom. The first-order valence-corrected chi connectivity index (χ1v) is 8.92. The molecule has 28 heavy (non-hydrogen) atoms. The molecule has 0 atom stereocenters. The van der Waals surface area contributed by atoms with Gasteiger partial charge >= 0.3 is 0 Å². The Labute approximate surface area is 160 Å². The summed E-state index contributed by atoms with van der Waals surface area (Å²) >= 11 is 0. The molecule has 0 unspecified atom stereocenters. The molecule has 0 aliphatic rings. The van der Waals surface area contributed by atoms with Crippen molar-refractivity contribution in [2.24, 2.45) is 0 Å². The average Bonchev–Trinajstić information content (AvgIpc) is 3.34. The van der Waals surface area contributed by atoms with Crippen LogP contribution in [0, 0.1) is 6.92 Å². The summed E-state index contributed by atoms with van der Waals surface area (Å²) in [7, 11) is 0. The Hall–Kier alpha value is -4.00. The number of para-hydroxylation sites is 2. The molecule has 0 amide bonds. The molecule has 7 nitrogen and oxygen atoms in total. The van der Waals surface area contributed by atoms with Crippen LogP contribution in [0.3, 0.4) is 0 Å². The lowest BCUT2D eigenvalue weighted by Crippen LogP contribution is -1.98. The number of nitrogens with zero attached hydrogens (tertiary/aromatic N) is 4. The van der Waals surface area contributed by atoms with Crippen molar-refractivity contribution in [1.82, 2.24) is 30.1 Å². The van der Waals surface area contributed by atoms with E-state index in [0.717, 1.165) is 22.3 Å². The molecule has 0 aliphatic heterocycles. The topological polar surface area (TPSA) is 95.2 Å². The highest BCUT2D eigenvalue weighted by Gasteiger charge is 2.14. The Balaban J connectivity index is 1.48. The molecule has 0 radical (unpaired) electrons. The summed E-state index contributed by atoms with van der Waals surface area (Å²) in [5.74, 6) is 2.05. The number of H-pyrrole nitrogens is 2. The summed E-state index contributed by atoms with van der Waals surface area (Å²) in [6.07, 6.45) is 3.53. The lowest BCUT2D eigenvalue weighted by molar-refractivity contribution is 1.08. The molecule has 7 heteroatoms. The van der Waals surface area contributed by atoms with Crippen LogP contribution in [0.25, 0.3) is 33.9 Å². The van der Waals surface area contributed by atoms with E-state index >= 15 is 0 Å². The number of nitrogens with one attached hydrogen (secondary N) is 3. The molecule has 0 spiro atoms. The van der Waals surface area contributed by atoms with Gasteiger partial charge in [0.2, 0.25) is 0 Å². The number of imidazole rings is 1. The standard InChI is InChI=1S/C21H17N7/c1-13-5-4-6-14(11-13)20-22-10-9-18(27-20)24-17-12-23-28-19(17)21-25-15-7-2-3-8-16(15)26-21/h2-12H,1H3,(H,23,28)(H,25,26)(H,22,24,27). The van der Waals surface area contributed by atoms with Crippen LogP contribution in [0.5, 0.6) is 0 Å². The third-order valence-electron chi connectivity index (χ3n) is 4.45. The second-order valence-electron chi connectivity index (χ2n) is 6.51. The van der Waals surface area contributed by atoms with Crippen molar-refractivity contribution in [1.29, 1.82) is 0 Å². The zero-order valence-corrected chi connectivity index (χ0v) is 15.1. The SMILES string of the molecule is Cc1cccc(-c2nccc(Nc3c[nH]nc3-c3nc4ccccc4[nH]3)n2)c1. The van der Waals surface area contributed by atoms with Crippen LogP contribution in [0.4, 0.5) is 11.5 Å². The molecule has 3 aromatic heterocycles. The van der Waals surface area contributed by atoms with Gasteiger partial charge in [-0.15, -0.1) is 0 Å². The fourth-order valence-electron chi connectivity index (χ4n) is 3.12. The number of rotatable bonds is 4. The molecule has 0 aliphatic carbocycles. The molecule has 0 saturated carbocycles. The maximum atomic E-state index is 4.64. The van der Waals surface area contributed by atoms with Gasteiger partial charge in [-0.25, -0.2) is 15.0 Å². The van der Waals surface area contributed by atoms with Crippen molar-refractivity contribution < 1.29 is 0 Å². The molecule has 3 heterocycles. The molecule has 2 aromatic carbocycles. The number of aromatic amines is 2. The van der Waals surface area contributed by atoms with Crippen LogP contribution in [0.2, 0.25) is 0 Å². The van der Waals surface area contributed by atoms with Crippen LogP contribution >= 0.6 is 0 Å². The van der Waals surface area contributed by atoms with E-state index in [1.54, 1.807) is 12.4 Å². The van der Waals surface area contributed by atoms with Crippen LogP contribution in [0.1, 0.15) is 5.56 Å². The smallest absolute Gasteiger partial charge is 0.161 e. The predicted octanol–water partition coefficient (Wildman–Crippen LogP) is 4.46. The highest BCUT2D eigenvalue weighted by molar-refractivity contribution is 5.82. The lowest BCUT2D eigenvalue weighted by atomic mass is 10.1. The van der Waals surface area contributed by atoms with Crippen molar-refractivity contribution in [2.45, 2.75) is 6.92 Å². The number of aromatic nitrogens is 6. The Morgan fingerprint density at radius 3 is 2.79 bits per heavy atom. The van der Waals surface area contributed by atoms with E-state index < -0.39 is 0 Å². The molecule has 0 bridgehead atoms. The summed E-state index contributed by atoms with van der Waals surface area (Å²) in [6.45, 7) is 2.05. The quantitative estimate of drug-likeness (QED) is 0.436. The number of aryl methyl sites for hydroxylation is 1. The molecule has 3 N–H and O–H groups in total. The predicted molar refractivity (Wildman–Crippen MR) is 109 cm³/mol. The first kappa shape index (κ1) is 16.2. The number of benzene rings is 2. The van der Waals surface area contributed by atoms with E-state index in [2.05, 4.69) is 54.5 Å². The summed E-state index contributed by atoms with van der Waals surface area (Å²) in [6, 6.07) is 17.8. The molecule has 0 fully saturated rings. The third-order valence-corrected chi connectivity index (χ3v) is 4.45. The highest BCUT2D eigenvalue weighted by atomic mass is 15.2. The van der Waals surface area contributed by atoms with E-state index in [1.807, 2.05) is 42.5 Å². The van der Waals surface area contributed by atoms with Gasteiger partial charge in [0.05, 0.1) is 16.7 Å². The van der Waals surface area contributed by atoms with E-state index in [-0.39, 0.29) is 0 Å². The van der Waals surface area contributed by atoms with Crippen LogP contribution in [-0.4, -0.2) is 30.1 Å². The Kier molecular flexibility index (Phi) is 3.83. The Morgan fingerprint density at radius 2 is 1.89 bits per heavy atom. The number of anilines is 2. The van der Waals surface area contributed by atoms with Gasteiger partial charge in [-0.2, -0.15) is 5.10 Å². The highest BCUT2D eigenvalue weighted by Crippen LogP contribution is 2.28. The van der Waals surface area contributed by atoms with E-state index in [9.17, 15) is 0 Å². The van der Waals surface area contributed by atoms with Gasteiger partial charge in [-0.3, -0.25) is 5.10 Å². The normalized spacial score (nSPS) is 11.0. The molecule has 136 valence electrons. The zero-order valence-electron chi connectivity index (χ0n) is 15.1. The van der Waals surface area contributed by atoms with Gasteiger partial charge in [0.25, 0.3) is 0 Å². The monoisotopic (exact) mass is 367 g/mol. The number of hydrogen-bond donors (Lipinski definition) is 3. The van der Waals surface area contributed by atoms with Gasteiger partial charge in [-0.05, 0) is 31.2 Å². The number of hydrogen-bond acceptors (Lipinski definition) is 5. The molecule has 0 saturated heterocycles. The van der Waals surface area contributed by atoms with E-state index in [1.165, 1.54) is 5.56 Å². The fourth-order valence-corrected chi connectivity index (χ4v) is 3.12. The minimum atomic E-state index is 0.669. The van der Waals surface area contributed by atoms with Crippen molar-refractivity contribution in [3.05, 3.63) is 72.6 Å². The second-order valence-corrected chi connectivity index (χ2v) is 6.51. The zero-order chi connectivity index (χ0) is 18.9. The summed E-state index contributed by atoms with van der Waals surface area (Å²) in [5.41, 5.74) is 5.50. The number of fused-ring (bicyclic) bond motifs is 1. The van der Waals surface area contributed by atoms with E-state index in [0.29, 0.717) is 23.2 Å². The minimum absolute atomic E-state index is 0.669. The van der Waals surface area contributed by atoms with Gasteiger partial charge in [-0.1, -0.05) is 35.9 Å². The van der Waals surface area contributed by atoms with Crippen LogP contribution < -0.4 is 5.32 Å². The first-order chi connectivity index (χ1) is 13.8. The largest absolute Gasteiger partial charge is 0.337 e. The summed E-state index contributed by atoms with van der Waals surface area (Å²) in [5, 5.41) is 10.6. The molecular weight excluding hydrogens is 350 g/mol. The van der Waals surface area contributed by atoms with Crippen LogP contribution in [0.15, 0.2) is 67.0 Å². The molecular formula is C21H17N7. The lowest BCUT2D eigenvalue weighted by Gasteiger charge is -2.07. The fraction of sp³-hybridized carbons (Fsp3) is 0.0476. The van der Waals surface area contributed by atoms with Gasteiger partial charge in [0, 0.05) is 18.0 Å². The minimum Gasteiger partial charge on any atom is -0.337 e. The van der Waals surface area contributed by atoms with Crippen LogP contribution in [-0.2, 0) is 0 Å². The molecule has 5 rings (SSSR count). The van der Waals surface area contributed by atoms with Gasteiger partial charge in [0.1, 0.15) is 5.82 Å². The summed E-state index contributed by atoms with van der Waals surface area (Å²) in [4.78, 5) is 17.0. The Bertz CT molecular complexity index is 1240. The molecule has 5 aromatic rings. The maximum absolute atomic E-state index is 4.64. The average molecular weight is 367 g/mol. The maximum Gasteiger partial charge on any atom is 0.161 e. The van der Waals surface area contributed by atoms with Crippen molar-refractivity contribution in [3.63, 3.8) is 0 Å². The van der Waals surface area contributed by atoms with Crippen molar-refractivity contribution in [2.75, 3.05) is 5.32 Å². The third kappa shape index (κ3) is 2.99.